The fraction of sp³-hybridized carbons (Fsp3) is 0.545. The van der Waals surface area contributed by atoms with Gasteiger partial charge < -0.3 is 10.4 Å². The van der Waals surface area contributed by atoms with Crippen LogP contribution in [0.25, 0.3) is 0 Å². The molecule has 0 aliphatic carbocycles. The summed E-state index contributed by atoms with van der Waals surface area (Å²) in [5, 5.41) is 16.3. The lowest BCUT2D eigenvalue weighted by Crippen LogP contribution is -2.47. The molecule has 1 fully saturated rings. The number of carboxylic acids is 1. The summed E-state index contributed by atoms with van der Waals surface area (Å²) in [6.07, 6.45) is 17.6. The highest BCUT2D eigenvalue weighted by atomic mass is 16.4. The van der Waals surface area contributed by atoms with E-state index in [1.807, 2.05) is 12.1 Å². The van der Waals surface area contributed by atoms with Gasteiger partial charge in [-0.1, -0.05) is 31.4 Å². The van der Waals surface area contributed by atoms with Crippen molar-refractivity contribution in [3.8, 4) is 0 Å². The Bertz CT molecular complexity index is 669. The van der Waals surface area contributed by atoms with E-state index in [9.17, 15) is 4.79 Å². The molecule has 2 aliphatic heterocycles. The molecule has 0 saturated carbocycles. The molecular weight excluding hydrogens is 338 g/mol. The topological polar surface area (TPSA) is 74.2 Å². The normalized spacial score (nSPS) is 20.1. The van der Waals surface area contributed by atoms with Crippen LogP contribution in [0.3, 0.4) is 0 Å². The Balaban J connectivity index is 1.35. The van der Waals surface area contributed by atoms with Crippen molar-refractivity contribution in [2.24, 2.45) is 0 Å². The molecule has 2 atom stereocenters. The Morgan fingerprint density at radius 2 is 2.15 bits per heavy atom. The zero-order valence-electron chi connectivity index (χ0n) is 16.0. The van der Waals surface area contributed by atoms with Gasteiger partial charge in [-0.3, -0.25) is 15.1 Å². The third kappa shape index (κ3) is 6.21. The van der Waals surface area contributed by atoms with Gasteiger partial charge in [0.1, 0.15) is 0 Å². The number of dihydropyridines is 1. The SMILES string of the molecule is O=C(O)CC(CCCCCCC1=CC=C2CCCNC2N1)c1cccnc1. The molecule has 0 spiro atoms. The van der Waals surface area contributed by atoms with Crippen molar-refractivity contribution in [1.29, 1.82) is 0 Å². The van der Waals surface area contributed by atoms with Gasteiger partial charge in [-0.05, 0) is 67.8 Å². The largest absolute Gasteiger partial charge is 0.481 e. The van der Waals surface area contributed by atoms with Crippen LogP contribution in [0.15, 0.2) is 47.9 Å². The maximum absolute atomic E-state index is 11.2. The van der Waals surface area contributed by atoms with E-state index < -0.39 is 5.97 Å². The number of piperidine rings is 1. The number of unbranched alkanes of at least 4 members (excludes halogenated alkanes) is 3. The van der Waals surface area contributed by atoms with E-state index in [1.165, 1.54) is 37.0 Å². The number of aromatic nitrogens is 1. The van der Waals surface area contributed by atoms with E-state index >= 15 is 0 Å². The molecular formula is C22H31N3O2. The van der Waals surface area contributed by atoms with E-state index in [2.05, 4.69) is 27.8 Å². The number of rotatable bonds is 10. The average Bonchev–Trinajstić information content (AvgIpc) is 2.70. The lowest BCUT2D eigenvalue weighted by molar-refractivity contribution is -0.137. The Kier molecular flexibility index (Phi) is 7.45. The van der Waals surface area contributed by atoms with Gasteiger partial charge in [-0.2, -0.15) is 0 Å². The lowest BCUT2D eigenvalue weighted by Gasteiger charge is -2.32. The highest BCUT2D eigenvalue weighted by Gasteiger charge is 2.20. The number of aliphatic carboxylic acids is 1. The molecule has 27 heavy (non-hydrogen) atoms. The lowest BCUT2D eigenvalue weighted by atomic mass is 9.91. The second-order valence-electron chi connectivity index (χ2n) is 7.60. The number of hydrogen-bond acceptors (Lipinski definition) is 4. The first-order valence-corrected chi connectivity index (χ1v) is 10.2. The zero-order valence-corrected chi connectivity index (χ0v) is 16.0. The van der Waals surface area contributed by atoms with E-state index in [0.29, 0.717) is 6.17 Å². The summed E-state index contributed by atoms with van der Waals surface area (Å²) in [4.78, 5) is 15.3. The van der Waals surface area contributed by atoms with Crippen LogP contribution in [0, 0.1) is 0 Å². The molecule has 3 rings (SSSR count). The van der Waals surface area contributed by atoms with Gasteiger partial charge in [0.2, 0.25) is 0 Å². The molecule has 0 radical (unpaired) electrons. The number of allylic oxidation sites excluding steroid dienone is 3. The maximum atomic E-state index is 11.2. The summed E-state index contributed by atoms with van der Waals surface area (Å²) >= 11 is 0. The van der Waals surface area contributed by atoms with Gasteiger partial charge in [0.15, 0.2) is 0 Å². The van der Waals surface area contributed by atoms with E-state index in [-0.39, 0.29) is 12.3 Å². The molecule has 1 saturated heterocycles. The highest BCUT2D eigenvalue weighted by molar-refractivity contribution is 5.68. The Morgan fingerprint density at radius 1 is 1.26 bits per heavy atom. The first kappa shape index (κ1) is 19.6. The molecule has 1 aromatic heterocycles. The van der Waals surface area contributed by atoms with Crippen molar-refractivity contribution in [3.05, 3.63) is 53.5 Å². The summed E-state index contributed by atoms with van der Waals surface area (Å²) in [6, 6.07) is 3.87. The molecule has 146 valence electrons. The Hall–Kier alpha value is -2.14. The fourth-order valence-corrected chi connectivity index (χ4v) is 4.01. The monoisotopic (exact) mass is 369 g/mol. The number of nitrogens with zero attached hydrogens (tertiary/aromatic N) is 1. The van der Waals surface area contributed by atoms with Gasteiger partial charge >= 0.3 is 5.97 Å². The van der Waals surface area contributed by atoms with Crippen LogP contribution >= 0.6 is 0 Å². The highest BCUT2D eigenvalue weighted by Crippen LogP contribution is 2.26. The predicted octanol–water partition coefficient (Wildman–Crippen LogP) is 4.10. The summed E-state index contributed by atoms with van der Waals surface area (Å²) in [5.74, 6) is -0.664. The van der Waals surface area contributed by atoms with Crippen LogP contribution in [0.1, 0.15) is 69.3 Å². The van der Waals surface area contributed by atoms with Gasteiger partial charge in [0, 0.05) is 18.1 Å². The van der Waals surface area contributed by atoms with Gasteiger partial charge in [0.25, 0.3) is 0 Å². The van der Waals surface area contributed by atoms with Crippen LogP contribution < -0.4 is 10.6 Å². The van der Waals surface area contributed by atoms with Gasteiger partial charge in [-0.25, -0.2) is 0 Å². The summed E-state index contributed by atoms with van der Waals surface area (Å²) < 4.78 is 0. The van der Waals surface area contributed by atoms with Crippen LogP contribution in [0.4, 0.5) is 0 Å². The minimum Gasteiger partial charge on any atom is -0.481 e. The minimum atomic E-state index is -0.733. The first-order chi connectivity index (χ1) is 13.2. The molecule has 0 bridgehead atoms. The quantitative estimate of drug-likeness (QED) is 0.541. The number of nitrogens with one attached hydrogen (secondary N) is 2. The second kappa shape index (κ2) is 10.3. The standard InChI is InChI=1S/C22H31N3O2/c26-21(27)15-18(19-9-5-13-23-16-19)7-3-1-2-4-10-20-12-11-17-8-6-14-24-22(17)25-20/h5,9,11-13,16,18,22,24-25H,1-4,6-8,10,14-15H2,(H,26,27). The van der Waals surface area contributed by atoms with E-state index in [4.69, 9.17) is 5.11 Å². The number of fused-ring (bicyclic) bond motifs is 1. The van der Waals surface area contributed by atoms with Gasteiger partial charge in [-0.15, -0.1) is 0 Å². The minimum absolute atomic E-state index is 0.0693. The Morgan fingerprint density at radius 3 is 2.96 bits per heavy atom. The molecule has 5 heteroatoms. The van der Waals surface area contributed by atoms with Crippen molar-refractivity contribution in [2.75, 3.05) is 6.54 Å². The zero-order chi connectivity index (χ0) is 18.9. The molecule has 5 nitrogen and oxygen atoms in total. The maximum Gasteiger partial charge on any atom is 0.303 e. The van der Waals surface area contributed by atoms with Gasteiger partial charge in [0.05, 0.1) is 12.6 Å². The molecule has 3 N–H and O–H groups in total. The molecule has 2 aliphatic rings. The molecule has 0 amide bonds. The number of hydrogen-bond donors (Lipinski definition) is 3. The average molecular weight is 370 g/mol. The second-order valence-corrected chi connectivity index (χ2v) is 7.60. The van der Waals surface area contributed by atoms with Crippen molar-refractivity contribution < 1.29 is 9.90 Å². The Labute approximate surface area is 162 Å². The number of carboxylic acid groups (broad SMARTS) is 1. The molecule has 0 aromatic carbocycles. The molecule has 3 heterocycles. The smallest absolute Gasteiger partial charge is 0.303 e. The first-order valence-electron chi connectivity index (χ1n) is 10.2. The number of pyridine rings is 1. The van der Waals surface area contributed by atoms with Crippen LogP contribution in [0.2, 0.25) is 0 Å². The van der Waals surface area contributed by atoms with Crippen molar-refractivity contribution >= 4 is 5.97 Å². The predicted molar refractivity (Wildman–Crippen MR) is 107 cm³/mol. The van der Waals surface area contributed by atoms with Crippen LogP contribution in [0.5, 0.6) is 0 Å². The van der Waals surface area contributed by atoms with Crippen molar-refractivity contribution in [1.82, 2.24) is 15.6 Å². The third-order valence-corrected chi connectivity index (χ3v) is 5.52. The van der Waals surface area contributed by atoms with Crippen LogP contribution in [-0.4, -0.2) is 28.8 Å². The number of carbonyl (C=O) groups is 1. The fourth-order valence-electron chi connectivity index (χ4n) is 4.01. The van der Waals surface area contributed by atoms with Crippen molar-refractivity contribution in [3.63, 3.8) is 0 Å². The summed E-state index contributed by atoms with van der Waals surface area (Å²) in [6.45, 7) is 1.09. The molecule has 2 unspecified atom stereocenters. The van der Waals surface area contributed by atoms with Crippen LogP contribution in [-0.2, 0) is 4.79 Å². The summed E-state index contributed by atoms with van der Waals surface area (Å²) in [7, 11) is 0. The molecule has 1 aromatic rings. The van der Waals surface area contributed by atoms with E-state index in [0.717, 1.165) is 37.8 Å². The third-order valence-electron chi connectivity index (χ3n) is 5.52. The van der Waals surface area contributed by atoms with E-state index in [1.54, 1.807) is 12.4 Å². The van der Waals surface area contributed by atoms with Crippen molar-refractivity contribution in [2.45, 2.75) is 69.9 Å². The summed E-state index contributed by atoms with van der Waals surface area (Å²) in [5.41, 5.74) is 3.85.